The van der Waals surface area contributed by atoms with Gasteiger partial charge in [-0.2, -0.15) is 0 Å². The Bertz CT molecular complexity index is 327. The van der Waals surface area contributed by atoms with Gasteiger partial charge in [-0.1, -0.05) is 34.5 Å². The van der Waals surface area contributed by atoms with Crippen molar-refractivity contribution < 1.29 is 4.39 Å². The molecule has 0 amide bonds. The fraction of sp³-hybridized carbons (Fsp3) is 0.556. The minimum atomic E-state index is -0.669. The zero-order valence-corrected chi connectivity index (χ0v) is 10.2. The van der Waals surface area contributed by atoms with Gasteiger partial charge in [0.1, 0.15) is 6.17 Å². The fourth-order valence-corrected chi connectivity index (χ4v) is 3.49. The van der Waals surface area contributed by atoms with Crippen LogP contribution in [0.15, 0.2) is 12.1 Å². The van der Waals surface area contributed by atoms with E-state index >= 15 is 0 Å². The lowest BCUT2D eigenvalue weighted by Gasteiger charge is -2.14. The topological polar surface area (TPSA) is 0 Å². The highest BCUT2D eigenvalue weighted by Crippen LogP contribution is 2.61. The second kappa shape index (κ2) is 3.21. The molecule has 0 aromatic carbocycles. The monoisotopic (exact) mass is 282 g/mol. The maximum Gasteiger partial charge on any atom is 0.108 e. The van der Waals surface area contributed by atoms with Gasteiger partial charge in [-0.3, -0.25) is 0 Å². The van der Waals surface area contributed by atoms with Gasteiger partial charge < -0.3 is 0 Å². The molecule has 13 heavy (non-hydrogen) atoms. The van der Waals surface area contributed by atoms with Gasteiger partial charge in [0, 0.05) is 10.3 Å². The third-order valence-corrected chi connectivity index (χ3v) is 5.74. The van der Waals surface area contributed by atoms with E-state index in [0.717, 1.165) is 9.21 Å². The van der Waals surface area contributed by atoms with Crippen LogP contribution in [0.2, 0.25) is 4.34 Å². The Kier molecular flexibility index (Phi) is 2.45. The Balaban J connectivity index is 2.18. The fourth-order valence-electron chi connectivity index (χ4n) is 1.38. The van der Waals surface area contributed by atoms with Gasteiger partial charge in [0.2, 0.25) is 0 Å². The summed E-state index contributed by atoms with van der Waals surface area (Å²) in [6.45, 7) is 1.96. The molecule has 0 radical (unpaired) electrons. The molecule has 0 N–H and O–H groups in total. The van der Waals surface area contributed by atoms with Gasteiger partial charge in [-0.15, -0.1) is 11.3 Å². The van der Waals surface area contributed by atoms with Crippen LogP contribution in [0.5, 0.6) is 0 Å². The van der Waals surface area contributed by atoms with Crippen molar-refractivity contribution in [2.75, 3.05) is 0 Å². The molecule has 0 nitrogen and oxygen atoms in total. The van der Waals surface area contributed by atoms with E-state index in [4.69, 9.17) is 11.6 Å². The Labute approximate surface area is 94.2 Å². The maximum absolute atomic E-state index is 13.0. The zero-order valence-electron chi connectivity index (χ0n) is 7.06. The van der Waals surface area contributed by atoms with Gasteiger partial charge in [0.25, 0.3) is 0 Å². The molecule has 1 heterocycles. The molecule has 2 rings (SSSR count). The van der Waals surface area contributed by atoms with Crippen molar-refractivity contribution in [3.8, 4) is 0 Å². The summed E-state index contributed by atoms with van der Waals surface area (Å²) in [5, 5.41) is 0. The van der Waals surface area contributed by atoms with Crippen molar-refractivity contribution in [3.63, 3.8) is 0 Å². The lowest BCUT2D eigenvalue weighted by molar-refractivity contribution is 0.376. The molecule has 1 aliphatic carbocycles. The summed E-state index contributed by atoms with van der Waals surface area (Å²) in [7, 11) is 0. The standard InChI is InChI=1S/C9H9BrClFS/c1-9(4-6(9)12)8(10)5-2-3-7(11)13-5/h2-3,6,8H,4H2,1H3. The minimum Gasteiger partial charge on any atom is -0.247 e. The van der Waals surface area contributed by atoms with Gasteiger partial charge >= 0.3 is 0 Å². The van der Waals surface area contributed by atoms with Crippen molar-refractivity contribution >= 4 is 38.9 Å². The van der Waals surface area contributed by atoms with E-state index < -0.39 is 6.17 Å². The molecule has 0 bridgehead atoms. The second-order valence-corrected chi connectivity index (χ2v) is 6.34. The first-order valence-corrected chi connectivity index (χ1v) is 6.18. The summed E-state index contributed by atoms with van der Waals surface area (Å²) in [4.78, 5) is 1.22. The van der Waals surface area contributed by atoms with Crippen molar-refractivity contribution in [3.05, 3.63) is 21.3 Å². The van der Waals surface area contributed by atoms with Crippen molar-refractivity contribution in [1.29, 1.82) is 0 Å². The Morgan fingerprint density at radius 3 is 2.77 bits per heavy atom. The van der Waals surface area contributed by atoms with Crippen LogP contribution in [0.25, 0.3) is 0 Å². The molecule has 3 unspecified atom stereocenters. The number of alkyl halides is 2. The lowest BCUT2D eigenvalue weighted by Crippen LogP contribution is -2.05. The summed E-state index contributed by atoms with van der Waals surface area (Å²) in [5.74, 6) is 0. The summed E-state index contributed by atoms with van der Waals surface area (Å²) in [5.41, 5.74) is -0.214. The van der Waals surface area contributed by atoms with E-state index in [1.54, 1.807) is 0 Å². The first-order valence-electron chi connectivity index (χ1n) is 4.07. The van der Waals surface area contributed by atoms with Gasteiger partial charge in [0.15, 0.2) is 0 Å². The number of thiophene rings is 1. The molecular weight excluding hydrogens is 275 g/mol. The summed E-state index contributed by atoms with van der Waals surface area (Å²) in [6.07, 6.45) is -0.0175. The van der Waals surface area contributed by atoms with Crippen LogP contribution in [-0.2, 0) is 0 Å². The van der Waals surface area contributed by atoms with Crippen molar-refractivity contribution in [2.45, 2.75) is 24.3 Å². The number of hydrogen-bond acceptors (Lipinski definition) is 1. The highest BCUT2D eigenvalue weighted by molar-refractivity contribution is 9.09. The van der Waals surface area contributed by atoms with E-state index in [9.17, 15) is 4.39 Å². The summed E-state index contributed by atoms with van der Waals surface area (Å²) < 4.78 is 13.8. The van der Waals surface area contributed by atoms with Crippen molar-refractivity contribution in [2.24, 2.45) is 5.41 Å². The Hall–Kier alpha value is 0.400. The highest BCUT2D eigenvalue weighted by Gasteiger charge is 2.56. The molecule has 0 aliphatic heterocycles. The average Bonchev–Trinajstić information content (AvgIpc) is 2.51. The SMILES string of the molecule is CC1(C(Br)c2ccc(Cl)s2)CC1F. The first-order chi connectivity index (χ1) is 6.04. The van der Waals surface area contributed by atoms with Crippen molar-refractivity contribution in [1.82, 2.24) is 0 Å². The molecule has 0 saturated heterocycles. The molecule has 1 saturated carbocycles. The maximum atomic E-state index is 13.0. The molecule has 4 heteroatoms. The molecule has 3 atom stereocenters. The van der Waals surface area contributed by atoms with Crippen LogP contribution in [0, 0.1) is 5.41 Å². The smallest absolute Gasteiger partial charge is 0.108 e. The lowest BCUT2D eigenvalue weighted by atomic mass is 10.0. The predicted octanol–water partition coefficient (Wildman–Crippen LogP) is 4.59. The summed E-state index contributed by atoms with van der Waals surface area (Å²) in [6, 6.07) is 3.82. The zero-order chi connectivity index (χ0) is 9.64. The number of halogens is 3. The third kappa shape index (κ3) is 1.66. The van der Waals surface area contributed by atoms with E-state index in [0.29, 0.717) is 6.42 Å². The predicted molar refractivity (Wildman–Crippen MR) is 58.6 cm³/mol. The molecule has 1 aromatic heterocycles. The quantitative estimate of drug-likeness (QED) is 0.697. The normalized spacial score (nSPS) is 34.6. The van der Waals surface area contributed by atoms with Gasteiger partial charge in [0.05, 0.1) is 9.16 Å². The molecule has 1 aromatic rings. The molecule has 1 fully saturated rings. The third-order valence-electron chi connectivity index (χ3n) is 2.60. The van der Waals surface area contributed by atoms with E-state index in [1.807, 2.05) is 19.1 Å². The summed E-state index contributed by atoms with van der Waals surface area (Å²) >= 11 is 10.9. The van der Waals surface area contributed by atoms with Crippen LogP contribution in [0.3, 0.4) is 0 Å². The van der Waals surface area contributed by atoms with Crippen LogP contribution in [0.1, 0.15) is 23.0 Å². The second-order valence-electron chi connectivity index (χ2n) is 3.68. The van der Waals surface area contributed by atoms with Gasteiger partial charge in [-0.05, 0) is 18.6 Å². The molecule has 0 spiro atoms. The highest BCUT2D eigenvalue weighted by atomic mass is 79.9. The Morgan fingerprint density at radius 1 is 1.77 bits per heavy atom. The number of hydrogen-bond donors (Lipinski definition) is 0. The Morgan fingerprint density at radius 2 is 2.38 bits per heavy atom. The number of rotatable bonds is 2. The first kappa shape index (κ1) is 9.94. The molecule has 72 valence electrons. The van der Waals surface area contributed by atoms with E-state index in [-0.39, 0.29) is 10.2 Å². The molecule has 1 aliphatic rings. The van der Waals surface area contributed by atoms with Crippen LogP contribution in [0.4, 0.5) is 4.39 Å². The van der Waals surface area contributed by atoms with E-state index in [1.165, 1.54) is 11.3 Å². The van der Waals surface area contributed by atoms with E-state index in [2.05, 4.69) is 15.9 Å². The van der Waals surface area contributed by atoms with Gasteiger partial charge in [-0.25, -0.2) is 4.39 Å². The average molecular weight is 284 g/mol. The largest absolute Gasteiger partial charge is 0.247 e. The van der Waals surface area contributed by atoms with Crippen LogP contribution in [-0.4, -0.2) is 6.17 Å². The minimum absolute atomic E-state index is 0.104. The van der Waals surface area contributed by atoms with Crippen LogP contribution < -0.4 is 0 Å². The molecular formula is C9H9BrClFS. The van der Waals surface area contributed by atoms with Crippen LogP contribution >= 0.6 is 38.9 Å².